The summed E-state index contributed by atoms with van der Waals surface area (Å²) in [4.78, 5) is 0. The molecular formula is C32H22F3N. The number of nitrogens with zero attached hydrogens (tertiary/aromatic N) is 1. The van der Waals surface area contributed by atoms with Crippen molar-refractivity contribution < 1.29 is 13.2 Å². The number of fused-ring (bicyclic) bond motifs is 3. The molecule has 6 rings (SSSR count). The molecular weight excluding hydrogens is 455 g/mol. The van der Waals surface area contributed by atoms with E-state index in [9.17, 15) is 13.2 Å². The molecule has 6 aromatic rings. The summed E-state index contributed by atoms with van der Waals surface area (Å²) in [5.41, 5.74) is 6.28. The summed E-state index contributed by atoms with van der Waals surface area (Å²) < 4.78 is 42.2. The van der Waals surface area contributed by atoms with Crippen molar-refractivity contribution in [3.05, 3.63) is 138 Å². The Morgan fingerprint density at radius 1 is 0.528 bits per heavy atom. The van der Waals surface area contributed by atoms with Crippen molar-refractivity contribution in [1.29, 1.82) is 0 Å². The lowest BCUT2D eigenvalue weighted by Crippen LogP contribution is -2.06. The van der Waals surface area contributed by atoms with Gasteiger partial charge < -0.3 is 4.57 Å². The average molecular weight is 478 g/mol. The maximum Gasteiger partial charge on any atom is 0.416 e. The third-order valence-corrected chi connectivity index (χ3v) is 6.64. The molecule has 0 N–H and O–H groups in total. The molecule has 176 valence electrons. The van der Waals surface area contributed by atoms with E-state index in [4.69, 9.17) is 0 Å². The van der Waals surface area contributed by atoms with Gasteiger partial charge in [-0.15, -0.1) is 0 Å². The van der Waals surface area contributed by atoms with E-state index in [1.54, 1.807) is 6.07 Å². The molecule has 0 saturated carbocycles. The van der Waals surface area contributed by atoms with Crippen molar-refractivity contribution in [2.24, 2.45) is 0 Å². The Labute approximate surface area is 207 Å². The molecule has 1 nitrogen and oxygen atoms in total. The monoisotopic (exact) mass is 477 g/mol. The van der Waals surface area contributed by atoms with Crippen LogP contribution in [-0.4, -0.2) is 4.57 Å². The smallest absolute Gasteiger partial charge is 0.309 e. The maximum absolute atomic E-state index is 13.4. The number of benzene rings is 5. The van der Waals surface area contributed by atoms with Gasteiger partial charge in [0, 0.05) is 16.5 Å². The Bertz CT molecular complexity index is 1680. The normalized spacial score (nSPS) is 11.9. The van der Waals surface area contributed by atoms with Crippen molar-refractivity contribution in [2.75, 3.05) is 0 Å². The van der Waals surface area contributed by atoms with Gasteiger partial charge in [0.15, 0.2) is 0 Å². The highest BCUT2D eigenvalue weighted by Crippen LogP contribution is 2.36. The van der Waals surface area contributed by atoms with Gasteiger partial charge in [0.25, 0.3) is 0 Å². The largest absolute Gasteiger partial charge is 0.416 e. The van der Waals surface area contributed by atoms with E-state index in [1.807, 2.05) is 47.0 Å². The van der Waals surface area contributed by atoms with Crippen molar-refractivity contribution in [3.63, 3.8) is 0 Å². The fourth-order valence-corrected chi connectivity index (χ4v) is 4.90. The van der Waals surface area contributed by atoms with Crippen molar-refractivity contribution in [2.45, 2.75) is 12.6 Å². The molecule has 36 heavy (non-hydrogen) atoms. The topological polar surface area (TPSA) is 4.93 Å². The lowest BCUT2D eigenvalue weighted by atomic mass is 9.99. The number of halogens is 3. The Morgan fingerprint density at radius 2 is 1.19 bits per heavy atom. The quantitative estimate of drug-likeness (QED) is 0.239. The fourth-order valence-electron chi connectivity index (χ4n) is 4.90. The highest BCUT2D eigenvalue weighted by atomic mass is 19.4. The maximum atomic E-state index is 13.4. The minimum atomic E-state index is -4.39. The van der Waals surface area contributed by atoms with Gasteiger partial charge in [-0.3, -0.25) is 0 Å². The van der Waals surface area contributed by atoms with Crippen LogP contribution in [0, 0.1) is 0 Å². The number of hydrogen-bond acceptors (Lipinski definition) is 0. The summed E-state index contributed by atoms with van der Waals surface area (Å²) in [6, 6.07) is 38.5. The number of para-hydroxylation sites is 1. The van der Waals surface area contributed by atoms with Crippen LogP contribution < -0.4 is 0 Å². The summed E-state index contributed by atoms with van der Waals surface area (Å²) in [6.07, 6.45) is -3.51. The van der Waals surface area contributed by atoms with Crippen molar-refractivity contribution in [3.8, 4) is 16.8 Å². The Hall–Kier alpha value is -4.31. The fraction of sp³-hybridized carbons (Fsp3) is 0.0625. The predicted octanol–water partition coefficient (Wildman–Crippen LogP) is 9.06. The standard InChI is InChI=1S/C32H22F3N/c33-32(34,35)26-9-6-10-27(21-26)36-30-12-5-4-11-28(30)29-20-25(17-18-31(29)36)24-15-13-23(14-16-24)19-22-7-2-1-3-8-22/h1-18,20-21H,19H2. The van der Waals surface area contributed by atoms with Gasteiger partial charge in [0.2, 0.25) is 0 Å². The molecule has 0 aliphatic heterocycles. The number of aromatic nitrogens is 1. The van der Waals surface area contributed by atoms with E-state index in [1.165, 1.54) is 23.3 Å². The van der Waals surface area contributed by atoms with Crippen LogP contribution in [0.1, 0.15) is 16.7 Å². The van der Waals surface area contributed by atoms with E-state index >= 15 is 0 Å². The molecule has 0 aliphatic carbocycles. The third-order valence-electron chi connectivity index (χ3n) is 6.64. The lowest BCUT2D eigenvalue weighted by Gasteiger charge is -2.12. The molecule has 0 radical (unpaired) electrons. The SMILES string of the molecule is FC(F)(F)c1cccc(-n2c3ccccc3c3cc(-c4ccc(Cc5ccccc5)cc4)ccc32)c1. The molecule has 0 aliphatic rings. The number of hydrogen-bond donors (Lipinski definition) is 0. The zero-order valence-electron chi connectivity index (χ0n) is 19.3. The second kappa shape index (κ2) is 8.72. The van der Waals surface area contributed by atoms with E-state index in [0.717, 1.165) is 45.4 Å². The van der Waals surface area contributed by atoms with E-state index in [-0.39, 0.29) is 0 Å². The van der Waals surface area contributed by atoms with Crippen molar-refractivity contribution >= 4 is 21.8 Å². The molecule has 0 bridgehead atoms. The summed E-state index contributed by atoms with van der Waals surface area (Å²) >= 11 is 0. The zero-order valence-corrected chi connectivity index (χ0v) is 19.3. The van der Waals surface area contributed by atoms with Crippen LogP contribution in [0.25, 0.3) is 38.6 Å². The summed E-state index contributed by atoms with van der Waals surface area (Å²) in [5, 5.41) is 2.02. The van der Waals surface area contributed by atoms with Gasteiger partial charge in [-0.25, -0.2) is 0 Å². The van der Waals surface area contributed by atoms with E-state index in [0.29, 0.717) is 5.69 Å². The van der Waals surface area contributed by atoms with Crippen LogP contribution in [0.2, 0.25) is 0 Å². The highest BCUT2D eigenvalue weighted by Gasteiger charge is 2.30. The average Bonchev–Trinajstić information content (AvgIpc) is 3.23. The molecule has 4 heteroatoms. The van der Waals surface area contributed by atoms with Crippen LogP contribution in [0.15, 0.2) is 121 Å². The van der Waals surface area contributed by atoms with Crippen LogP contribution in [0.4, 0.5) is 13.2 Å². The summed E-state index contributed by atoms with van der Waals surface area (Å²) in [7, 11) is 0. The molecule has 0 fully saturated rings. The van der Waals surface area contributed by atoms with Gasteiger partial charge >= 0.3 is 6.18 Å². The molecule has 1 aromatic heterocycles. The van der Waals surface area contributed by atoms with Crippen LogP contribution >= 0.6 is 0 Å². The van der Waals surface area contributed by atoms with Crippen LogP contribution in [0.5, 0.6) is 0 Å². The minimum Gasteiger partial charge on any atom is -0.309 e. The highest BCUT2D eigenvalue weighted by molar-refractivity contribution is 6.10. The molecule has 0 unspecified atom stereocenters. The lowest BCUT2D eigenvalue weighted by molar-refractivity contribution is -0.137. The predicted molar refractivity (Wildman–Crippen MR) is 140 cm³/mol. The van der Waals surface area contributed by atoms with Crippen molar-refractivity contribution in [1.82, 2.24) is 4.57 Å². The minimum absolute atomic E-state index is 0.494. The first-order valence-electron chi connectivity index (χ1n) is 11.8. The van der Waals surface area contributed by atoms with Gasteiger partial charge in [0.05, 0.1) is 16.6 Å². The van der Waals surface area contributed by atoms with Crippen LogP contribution in [0.3, 0.4) is 0 Å². The van der Waals surface area contributed by atoms with E-state index < -0.39 is 11.7 Å². The Kier molecular flexibility index (Phi) is 5.37. The zero-order chi connectivity index (χ0) is 24.7. The first-order valence-corrected chi connectivity index (χ1v) is 11.8. The molecule has 0 saturated heterocycles. The van der Waals surface area contributed by atoms with Gasteiger partial charge in [0.1, 0.15) is 0 Å². The van der Waals surface area contributed by atoms with Crippen LogP contribution in [-0.2, 0) is 12.6 Å². The Morgan fingerprint density at radius 3 is 1.97 bits per heavy atom. The third kappa shape index (κ3) is 4.05. The number of alkyl halides is 3. The second-order valence-corrected chi connectivity index (χ2v) is 8.99. The van der Waals surface area contributed by atoms with Gasteiger partial charge in [-0.1, -0.05) is 84.9 Å². The number of rotatable bonds is 4. The summed E-state index contributed by atoms with van der Waals surface area (Å²) in [5.74, 6) is 0. The second-order valence-electron chi connectivity index (χ2n) is 8.99. The molecule has 0 atom stereocenters. The van der Waals surface area contributed by atoms with Gasteiger partial charge in [-0.05, 0) is 65.1 Å². The Balaban J connectivity index is 1.43. The first kappa shape index (κ1) is 22.2. The van der Waals surface area contributed by atoms with E-state index in [2.05, 4.69) is 54.6 Å². The first-order chi connectivity index (χ1) is 17.5. The molecule has 0 spiro atoms. The summed E-state index contributed by atoms with van der Waals surface area (Å²) in [6.45, 7) is 0. The van der Waals surface area contributed by atoms with Gasteiger partial charge in [-0.2, -0.15) is 13.2 Å². The molecule has 5 aromatic carbocycles. The molecule has 0 amide bonds. The molecule has 1 heterocycles.